The molecule has 3 aromatic rings. The van der Waals surface area contributed by atoms with E-state index < -0.39 is 0 Å². The van der Waals surface area contributed by atoms with Gasteiger partial charge in [0.05, 0.1) is 11.4 Å². The lowest BCUT2D eigenvalue weighted by atomic mass is 9.96. The van der Waals surface area contributed by atoms with E-state index in [1.54, 1.807) is 11.1 Å². The smallest absolute Gasteiger partial charge is 0.224 e. The average molecular weight is 406 g/mol. The van der Waals surface area contributed by atoms with E-state index in [0.29, 0.717) is 45.4 Å². The lowest BCUT2D eigenvalue weighted by Crippen LogP contribution is -2.46. The van der Waals surface area contributed by atoms with Crippen LogP contribution in [0.15, 0.2) is 48.7 Å². The first-order valence-electron chi connectivity index (χ1n) is 10.4. The normalized spacial score (nSPS) is 16.7. The van der Waals surface area contributed by atoms with Crippen LogP contribution in [0.1, 0.15) is 25.0 Å². The number of piperidine rings is 1. The van der Waals surface area contributed by atoms with Crippen LogP contribution in [-0.4, -0.2) is 56.3 Å². The number of para-hydroxylation sites is 1. The van der Waals surface area contributed by atoms with Crippen molar-refractivity contribution in [2.75, 3.05) is 19.6 Å². The molecule has 0 bridgehead atoms. The van der Waals surface area contributed by atoms with E-state index in [4.69, 9.17) is 0 Å². The Labute approximate surface area is 175 Å². The van der Waals surface area contributed by atoms with Crippen molar-refractivity contribution < 1.29 is 9.59 Å². The van der Waals surface area contributed by atoms with Gasteiger partial charge in [-0.15, -0.1) is 5.10 Å². The van der Waals surface area contributed by atoms with Crippen molar-refractivity contribution in [3.8, 4) is 0 Å². The van der Waals surface area contributed by atoms with E-state index in [1.807, 2.05) is 47.1 Å². The highest BCUT2D eigenvalue weighted by Crippen LogP contribution is 2.18. The lowest BCUT2D eigenvalue weighted by Gasteiger charge is -2.32. The van der Waals surface area contributed by atoms with Crippen molar-refractivity contribution in [3.05, 3.63) is 54.4 Å². The summed E-state index contributed by atoms with van der Waals surface area (Å²) in [7, 11) is 0. The maximum Gasteiger partial charge on any atom is 0.224 e. The first-order valence-corrected chi connectivity index (χ1v) is 10.4. The summed E-state index contributed by atoms with van der Waals surface area (Å²) in [6, 6.07) is 13.6. The van der Waals surface area contributed by atoms with Crippen LogP contribution >= 0.6 is 0 Å². The molecule has 0 radical (unpaired) electrons. The number of carbonyl (C=O) groups is 2. The van der Waals surface area contributed by atoms with Crippen molar-refractivity contribution >= 4 is 22.8 Å². The van der Waals surface area contributed by atoms with Crippen molar-refractivity contribution in [2.45, 2.75) is 32.2 Å². The third-order valence-corrected chi connectivity index (χ3v) is 5.50. The molecule has 1 aliphatic heterocycles. The predicted molar refractivity (Wildman–Crippen MR) is 112 cm³/mol. The van der Waals surface area contributed by atoms with Gasteiger partial charge in [-0.25, -0.2) is 4.68 Å². The predicted octanol–water partition coefficient (Wildman–Crippen LogP) is 1.81. The molecule has 0 aliphatic carbocycles. The second-order valence-electron chi connectivity index (χ2n) is 7.59. The highest BCUT2D eigenvalue weighted by Gasteiger charge is 2.29. The largest absolute Gasteiger partial charge is 0.356 e. The van der Waals surface area contributed by atoms with Crippen LogP contribution < -0.4 is 5.32 Å². The molecule has 0 saturated carbocycles. The Morgan fingerprint density at radius 2 is 2.00 bits per heavy atom. The Bertz CT molecular complexity index is 1000. The number of pyridine rings is 1. The molecule has 1 saturated heterocycles. The van der Waals surface area contributed by atoms with E-state index in [-0.39, 0.29) is 17.7 Å². The molecule has 2 amide bonds. The second-order valence-corrected chi connectivity index (χ2v) is 7.59. The zero-order valence-corrected chi connectivity index (χ0v) is 16.9. The highest BCUT2D eigenvalue weighted by atomic mass is 16.2. The zero-order chi connectivity index (χ0) is 20.8. The van der Waals surface area contributed by atoms with Crippen LogP contribution in [0.2, 0.25) is 0 Å². The molecule has 0 unspecified atom stereocenters. The molecule has 1 aliphatic rings. The lowest BCUT2D eigenvalue weighted by molar-refractivity contribution is -0.138. The van der Waals surface area contributed by atoms with Gasteiger partial charge in [0.25, 0.3) is 0 Å². The molecule has 0 spiro atoms. The number of amides is 2. The fraction of sp³-hybridized carbons (Fsp3) is 0.409. The Hall–Kier alpha value is -3.29. The molecule has 1 fully saturated rings. The van der Waals surface area contributed by atoms with Gasteiger partial charge in [-0.2, -0.15) is 0 Å². The van der Waals surface area contributed by atoms with Gasteiger partial charge in [-0.05, 0) is 37.1 Å². The average Bonchev–Trinajstić information content (AvgIpc) is 3.20. The van der Waals surface area contributed by atoms with Gasteiger partial charge in [0.15, 0.2) is 0 Å². The number of likely N-dealkylation sites (tertiary alicyclic amines) is 1. The quantitative estimate of drug-likeness (QED) is 0.576. The van der Waals surface area contributed by atoms with E-state index in [1.165, 1.54) is 0 Å². The summed E-state index contributed by atoms with van der Waals surface area (Å²) < 4.78 is 1.86. The van der Waals surface area contributed by atoms with E-state index in [0.717, 1.165) is 23.1 Å². The molecule has 1 N–H and O–H groups in total. The maximum absolute atomic E-state index is 12.6. The number of nitrogens with one attached hydrogen (secondary N) is 1. The minimum absolute atomic E-state index is 0.0220. The summed E-state index contributed by atoms with van der Waals surface area (Å²) in [5.74, 6) is -0.0135. The minimum Gasteiger partial charge on any atom is -0.356 e. The number of fused-ring (bicyclic) bond motifs is 1. The fourth-order valence-corrected chi connectivity index (χ4v) is 3.81. The SMILES string of the molecule is O=C(NCCCn1nnc2ccccc21)[C@@H]1CCC(=O)N(CCc2ccccn2)C1. The van der Waals surface area contributed by atoms with Gasteiger partial charge in [0.1, 0.15) is 5.52 Å². The Morgan fingerprint density at radius 3 is 2.87 bits per heavy atom. The first-order chi connectivity index (χ1) is 14.7. The number of rotatable bonds is 8. The van der Waals surface area contributed by atoms with Crippen LogP contribution in [0.25, 0.3) is 11.0 Å². The zero-order valence-electron chi connectivity index (χ0n) is 16.9. The topological polar surface area (TPSA) is 93.0 Å². The molecule has 30 heavy (non-hydrogen) atoms. The first kappa shape index (κ1) is 20.0. The second kappa shape index (κ2) is 9.47. The monoisotopic (exact) mass is 406 g/mol. The molecule has 8 heteroatoms. The van der Waals surface area contributed by atoms with Crippen molar-refractivity contribution in [1.29, 1.82) is 0 Å². The standard InChI is InChI=1S/C22H26N6O2/c29-21-10-9-17(16-27(21)15-11-18-6-3-4-12-23-18)22(30)24-13-5-14-28-20-8-2-1-7-19(20)25-26-28/h1-4,6-8,12,17H,5,9-11,13-16H2,(H,24,30)/t17-/m1/s1. The van der Waals surface area contributed by atoms with E-state index in [2.05, 4.69) is 20.6 Å². The molecule has 8 nitrogen and oxygen atoms in total. The number of nitrogens with zero attached hydrogens (tertiary/aromatic N) is 5. The number of carbonyl (C=O) groups excluding carboxylic acids is 2. The number of hydrogen-bond donors (Lipinski definition) is 1. The van der Waals surface area contributed by atoms with Crippen LogP contribution in [0.3, 0.4) is 0 Å². The Balaban J connectivity index is 1.22. The van der Waals surface area contributed by atoms with Gasteiger partial charge in [0, 0.05) is 50.9 Å². The summed E-state index contributed by atoms with van der Waals surface area (Å²) in [6.07, 6.45) is 4.26. The summed E-state index contributed by atoms with van der Waals surface area (Å²) >= 11 is 0. The maximum atomic E-state index is 12.6. The molecule has 3 heterocycles. The van der Waals surface area contributed by atoms with Gasteiger partial charge >= 0.3 is 0 Å². The number of aromatic nitrogens is 4. The summed E-state index contributed by atoms with van der Waals surface area (Å²) in [6.45, 7) is 2.34. The van der Waals surface area contributed by atoms with Gasteiger partial charge < -0.3 is 10.2 Å². The van der Waals surface area contributed by atoms with E-state index in [9.17, 15) is 9.59 Å². The molecule has 4 rings (SSSR count). The Morgan fingerprint density at radius 1 is 1.13 bits per heavy atom. The van der Waals surface area contributed by atoms with Gasteiger partial charge in [0.2, 0.25) is 11.8 Å². The number of aryl methyl sites for hydroxylation is 1. The summed E-state index contributed by atoms with van der Waals surface area (Å²) in [4.78, 5) is 30.9. The molecular weight excluding hydrogens is 380 g/mol. The Kier molecular flexibility index (Phi) is 6.32. The van der Waals surface area contributed by atoms with Gasteiger partial charge in [-0.3, -0.25) is 14.6 Å². The number of hydrogen-bond acceptors (Lipinski definition) is 5. The summed E-state index contributed by atoms with van der Waals surface area (Å²) in [5.41, 5.74) is 2.83. The third-order valence-electron chi connectivity index (χ3n) is 5.50. The molecule has 1 aromatic carbocycles. The van der Waals surface area contributed by atoms with Gasteiger partial charge in [-0.1, -0.05) is 23.4 Å². The molecular formula is C22H26N6O2. The van der Waals surface area contributed by atoms with Crippen LogP contribution in [0.4, 0.5) is 0 Å². The van der Waals surface area contributed by atoms with Crippen LogP contribution in [-0.2, 0) is 22.6 Å². The summed E-state index contributed by atoms with van der Waals surface area (Å²) in [5, 5.41) is 11.3. The third kappa shape index (κ3) is 4.82. The van der Waals surface area contributed by atoms with E-state index >= 15 is 0 Å². The van der Waals surface area contributed by atoms with Crippen molar-refractivity contribution in [1.82, 2.24) is 30.2 Å². The fourth-order valence-electron chi connectivity index (χ4n) is 3.81. The van der Waals surface area contributed by atoms with Crippen LogP contribution in [0, 0.1) is 5.92 Å². The van der Waals surface area contributed by atoms with Crippen molar-refractivity contribution in [3.63, 3.8) is 0 Å². The highest BCUT2D eigenvalue weighted by molar-refractivity contribution is 5.83. The molecule has 1 atom stereocenters. The van der Waals surface area contributed by atoms with Crippen LogP contribution in [0.5, 0.6) is 0 Å². The number of benzene rings is 1. The minimum atomic E-state index is -0.154. The molecule has 156 valence electrons. The van der Waals surface area contributed by atoms with Crippen molar-refractivity contribution in [2.24, 2.45) is 5.92 Å². The molecule has 2 aromatic heterocycles.